The number of hydrogen-bond acceptors (Lipinski definition) is 4. The number of piperazine rings is 1. The summed E-state index contributed by atoms with van der Waals surface area (Å²) >= 11 is 0. The highest BCUT2D eigenvalue weighted by Crippen LogP contribution is 2.09. The van der Waals surface area contributed by atoms with Crippen molar-refractivity contribution in [2.75, 3.05) is 26.2 Å². The highest BCUT2D eigenvalue weighted by Gasteiger charge is 1.92. The maximum Gasteiger partial charge on any atom is 0.328 e. The van der Waals surface area contributed by atoms with Gasteiger partial charge >= 0.3 is 11.9 Å². The number of carbonyl (C=O) groups is 2. The number of rotatable bonds is 26. The summed E-state index contributed by atoms with van der Waals surface area (Å²) in [7, 11) is 0. The van der Waals surface area contributed by atoms with Gasteiger partial charge in [-0.3, -0.25) is 0 Å². The topological polar surface area (TPSA) is 98.7 Å². The van der Waals surface area contributed by atoms with Gasteiger partial charge in [0.1, 0.15) is 0 Å². The van der Waals surface area contributed by atoms with Crippen molar-refractivity contribution >= 4 is 11.9 Å². The molecular formula is C44H70N2O4. The van der Waals surface area contributed by atoms with E-state index in [0.717, 1.165) is 51.2 Å². The van der Waals surface area contributed by atoms with Crippen LogP contribution in [0.4, 0.5) is 0 Å². The first-order valence-electron chi connectivity index (χ1n) is 19.1. The summed E-state index contributed by atoms with van der Waals surface area (Å²) in [6.07, 6.45) is 57.5. The van der Waals surface area contributed by atoms with E-state index in [2.05, 4.69) is 48.8 Å². The van der Waals surface area contributed by atoms with Crippen molar-refractivity contribution in [2.45, 2.75) is 117 Å². The number of aliphatic carboxylic acids is 2. The first-order chi connectivity index (χ1) is 24.5. The highest BCUT2D eigenvalue weighted by atomic mass is 16.4. The highest BCUT2D eigenvalue weighted by molar-refractivity contribution is 5.80. The summed E-state index contributed by atoms with van der Waals surface area (Å²) in [5.74, 6) is -1.86. The Balaban J connectivity index is 0. The molecule has 0 spiro atoms. The van der Waals surface area contributed by atoms with Gasteiger partial charge < -0.3 is 20.8 Å². The summed E-state index contributed by atoms with van der Waals surface area (Å²) in [4.78, 5) is 20.4. The van der Waals surface area contributed by atoms with Gasteiger partial charge in [-0.15, -0.1) is 0 Å². The van der Waals surface area contributed by atoms with Gasteiger partial charge in [0, 0.05) is 38.3 Å². The second kappa shape index (κ2) is 45.3. The lowest BCUT2D eigenvalue weighted by Gasteiger charge is -2.11. The van der Waals surface area contributed by atoms with Crippen LogP contribution < -0.4 is 10.6 Å². The zero-order valence-electron chi connectivity index (χ0n) is 31.4. The molecule has 1 rings (SSSR count). The van der Waals surface area contributed by atoms with Crippen LogP contribution in [-0.4, -0.2) is 48.3 Å². The zero-order chi connectivity index (χ0) is 36.9. The predicted molar refractivity (Wildman–Crippen MR) is 218 cm³/mol. The third-order valence-electron chi connectivity index (χ3n) is 7.21. The number of carboxylic acid groups (broad SMARTS) is 2. The van der Waals surface area contributed by atoms with Crippen LogP contribution in [0, 0.1) is 0 Å². The number of unbranched alkanes of at least 4 members (excludes halogenated alkanes) is 14. The maximum absolute atomic E-state index is 10.2. The van der Waals surface area contributed by atoms with E-state index < -0.39 is 11.9 Å². The molecule has 0 radical (unpaired) electrons. The molecule has 0 aliphatic carbocycles. The Kier molecular flexibility index (Phi) is 43.8. The largest absolute Gasteiger partial charge is 0.478 e. The lowest BCUT2D eigenvalue weighted by atomic mass is 10.1. The van der Waals surface area contributed by atoms with E-state index in [9.17, 15) is 9.59 Å². The normalized spacial score (nSPS) is 14.1. The minimum Gasteiger partial charge on any atom is -0.478 e. The van der Waals surface area contributed by atoms with Gasteiger partial charge in [-0.05, 0) is 25.7 Å². The number of hydrogen-bond donors (Lipinski definition) is 4. The van der Waals surface area contributed by atoms with Gasteiger partial charge in [0.05, 0.1) is 0 Å². The molecule has 50 heavy (non-hydrogen) atoms. The second-order valence-electron chi connectivity index (χ2n) is 11.9. The molecule has 1 saturated heterocycles. The molecule has 1 aliphatic heterocycles. The Morgan fingerprint density at radius 1 is 0.400 bits per heavy atom. The summed E-state index contributed by atoms with van der Waals surface area (Å²) in [6.45, 7) is 9.06. The van der Waals surface area contributed by atoms with Crippen molar-refractivity contribution in [1.29, 1.82) is 0 Å². The van der Waals surface area contributed by atoms with Gasteiger partial charge in [0.25, 0.3) is 0 Å². The minimum atomic E-state index is -0.931. The fraction of sp³-hybridized carbons (Fsp3) is 0.500. The smallest absolute Gasteiger partial charge is 0.328 e. The van der Waals surface area contributed by atoms with Crippen LogP contribution in [0.1, 0.15) is 117 Å². The van der Waals surface area contributed by atoms with Crippen LogP contribution in [0.3, 0.4) is 0 Å². The molecule has 4 N–H and O–H groups in total. The van der Waals surface area contributed by atoms with Crippen molar-refractivity contribution in [3.63, 3.8) is 0 Å². The lowest BCUT2D eigenvalue weighted by molar-refractivity contribution is -0.132. The molecular weight excluding hydrogens is 620 g/mol. The lowest BCUT2D eigenvalue weighted by Crippen LogP contribution is -2.39. The fourth-order valence-corrected chi connectivity index (χ4v) is 4.44. The van der Waals surface area contributed by atoms with Crippen LogP contribution in [0.15, 0.2) is 122 Å². The molecule has 1 aliphatic rings. The molecule has 0 aromatic carbocycles. The van der Waals surface area contributed by atoms with Gasteiger partial charge in [-0.2, -0.15) is 0 Å². The molecule has 0 aromatic rings. The maximum atomic E-state index is 10.2. The van der Waals surface area contributed by atoms with E-state index in [1.54, 1.807) is 24.3 Å². The van der Waals surface area contributed by atoms with E-state index in [1.807, 2.05) is 48.6 Å². The summed E-state index contributed by atoms with van der Waals surface area (Å²) in [6, 6.07) is 0. The van der Waals surface area contributed by atoms with Crippen molar-refractivity contribution in [1.82, 2.24) is 10.6 Å². The monoisotopic (exact) mass is 691 g/mol. The summed E-state index contributed by atoms with van der Waals surface area (Å²) < 4.78 is 0. The van der Waals surface area contributed by atoms with Crippen LogP contribution in [0.25, 0.3) is 0 Å². The third kappa shape index (κ3) is 51.1. The van der Waals surface area contributed by atoms with Crippen molar-refractivity contribution in [3.05, 3.63) is 122 Å². The van der Waals surface area contributed by atoms with Crippen LogP contribution in [-0.2, 0) is 9.59 Å². The number of carboxylic acids is 2. The second-order valence-corrected chi connectivity index (χ2v) is 11.9. The van der Waals surface area contributed by atoms with Crippen molar-refractivity contribution in [3.8, 4) is 0 Å². The average Bonchev–Trinajstić information content (AvgIpc) is 3.12. The predicted octanol–water partition coefficient (Wildman–Crippen LogP) is 11.2. The fourth-order valence-electron chi connectivity index (χ4n) is 4.44. The Hall–Kier alpha value is -3.74. The number of allylic oxidation sites excluding steroid dienone is 18. The van der Waals surface area contributed by atoms with E-state index in [4.69, 9.17) is 10.2 Å². The molecule has 0 aromatic heterocycles. The Labute approximate surface area is 306 Å². The van der Waals surface area contributed by atoms with E-state index in [0.29, 0.717) is 0 Å². The minimum absolute atomic E-state index is 0.931. The van der Waals surface area contributed by atoms with Gasteiger partial charge in [-0.1, -0.05) is 200 Å². The van der Waals surface area contributed by atoms with Crippen molar-refractivity contribution < 1.29 is 19.8 Å². The first kappa shape index (κ1) is 48.4. The van der Waals surface area contributed by atoms with Gasteiger partial charge in [0.15, 0.2) is 0 Å². The van der Waals surface area contributed by atoms with Crippen molar-refractivity contribution in [2.24, 2.45) is 0 Å². The van der Waals surface area contributed by atoms with E-state index in [1.165, 1.54) is 102 Å². The van der Waals surface area contributed by atoms with Crippen LogP contribution >= 0.6 is 0 Å². The molecule has 1 heterocycles. The third-order valence-corrected chi connectivity index (χ3v) is 7.21. The molecule has 0 unspecified atom stereocenters. The van der Waals surface area contributed by atoms with E-state index >= 15 is 0 Å². The molecule has 6 nitrogen and oxygen atoms in total. The molecule has 0 saturated carbocycles. The average molecular weight is 691 g/mol. The Morgan fingerprint density at radius 3 is 0.940 bits per heavy atom. The Bertz CT molecular complexity index is 964. The van der Waals surface area contributed by atoms with Crippen LogP contribution in [0.5, 0.6) is 0 Å². The number of nitrogens with one attached hydrogen (secondary N) is 2. The van der Waals surface area contributed by atoms with Gasteiger partial charge in [-0.25, -0.2) is 9.59 Å². The molecule has 0 atom stereocenters. The molecule has 280 valence electrons. The summed E-state index contributed by atoms with van der Waals surface area (Å²) in [5.41, 5.74) is 0. The van der Waals surface area contributed by atoms with E-state index in [-0.39, 0.29) is 0 Å². The quantitative estimate of drug-likeness (QED) is 0.0410. The summed E-state index contributed by atoms with van der Waals surface area (Å²) in [5, 5.41) is 23.2. The zero-order valence-corrected chi connectivity index (χ0v) is 31.4. The standard InChI is InChI=1S/2C20H30O2.C4H10N2/c2*1-2-3-4-5-6-7-8-9-10-11-12-13-14-15-16-17-18-19-20(21)22;1-2-6-4-3-5-1/h2*10-19H,2-9H2,1H3,(H,21,22);5-6H,1-4H2. The molecule has 1 fully saturated rings. The SMILES string of the molecule is C1CNCCN1.CCCCCCCCCC=CC=CC=CC=CC=CC(=O)O.CCCCCCCCCC=CC=CC=CC=CC=CC(=O)O. The van der Waals surface area contributed by atoms with Crippen LogP contribution in [0.2, 0.25) is 0 Å². The Morgan fingerprint density at radius 2 is 0.660 bits per heavy atom. The first-order valence-corrected chi connectivity index (χ1v) is 19.1. The van der Waals surface area contributed by atoms with Gasteiger partial charge in [0.2, 0.25) is 0 Å². The molecule has 0 amide bonds. The molecule has 6 heteroatoms. The molecule has 0 bridgehead atoms.